The summed E-state index contributed by atoms with van der Waals surface area (Å²) in [6, 6.07) is 8.28. The first-order valence-corrected chi connectivity index (χ1v) is 5.75. The second kappa shape index (κ2) is 5.71. The molecular weight excluding hydrogens is 280 g/mol. The summed E-state index contributed by atoms with van der Waals surface area (Å²) in [5.41, 5.74) is 1.57. The van der Waals surface area contributed by atoms with Crippen molar-refractivity contribution in [3.63, 3.8) is 0 Å². The fourth-order valence-electron chi connectivity index (χ4n) is 1.89. The van der Waals surface area contributed by atoms with Crippen LogP contribution in [0.2, 0.25) is 0 Å². The molecular formula is C14H11ClN2O3. The minimum absolute atomic E-state index is 0. The van der Waals surface area contributed by atoms with Crippen LogP contribution >= 0.6 is 12.4 Å². The van der Waals surface area contributed by atoms with Crippen LogP contribution in [0.25, 0.3) is 0 Å². The number of carbonyl (C=O) groups is 2. The Bertz CT molecular complexity index is 659. The van der Waals surface area contributed by atoms with Gasteiger partial charge in [-0.1, -0.05) is 0 Å². The lowest BCUT2D eigenvalue weighted by molar-refractivity contribution is -0.118. The summed E-state index contributed by atoms with van der Waals surface area (Å²) in [5, 5.41) is 2.68. The van der Waals surface area contributed by atoms with E-state index < -0.39 is 0 Å². The number of carbonyl (C=O) groups excluding carboxylic acids is 2. The summed E-state index contributed by atoms with van der Waals surface area (Å²) in [6.45, 7) is 0.00461. The van der Waals surface area contributed by atoms with Crippen molar-refractivity contribution in [2.24, 2.45) is 0 Å². The number of benzene rings is 1. The van der Waals surface area contributed by atoms with Gasteiger partial charge in [-0.15, -0.1) is 12.4 Å². The SMILES string of the molecule is Cl.O=C1COc2ccc(C(=O)c3ccncc3)cc2N1. The highest BCUT2D eigenvalue weighted by molar-refractivity contribution is 6.10. The highest BCUT2D eigenvalue weighted by atomic mass is 35.5. The first-order valence-electron chi connectivity index (χ1n) is 5.75. The Morgan fingerprint density at radius 1 is 1.15 bits per heavy atom. The number of hydrogen-bond acceptors (Lipinski definition) is 4. The van der Waals surface area contributed by atoms with Crippen molar-refractivity contribution in [3.05, 3.63) is 53.9 Å². The molecule has 0 bridgehead atoms. The number of amides is 1. The highest BCUT2D eigenvalue weighted by Gasteiger charge is 2.18. The number of nitrogens with zero attached hydrogens (tertiary/aromatic N) is 1. The molecule has 1 aromatic carbocycles. The number of aromatic nitrogens is 1. The lowest BCUT2D eigenvalue weighted by Gasteiger charge is -2.18. The summed E-state index contributed by atoms with van der Waals surface area (Å²) in [5.74, 6) is 0.233. The predicted molar refractivity (Wildman–Crippen MR) is 75.5 cm³/mol. The van der Waals surface area contributed by atoms with Crippen LogP contribution in [0.4, 0.5) is 5.69 Å². The second-order valence-corrected chi connectivity index (χ2v) is 4.11. The molecule has 0 radical (unpaired) electrons. The molecule has 0 saturated carbocycles. The van der Waals surface area contributed by atoms with E-state index in [1.54, 1.807) is 42.7 Å². The molecule has 102 valence electrons. The maximum atomic E-state index is 12.2. The first kappa shape index (κ1) is 14.0. The Labute approximate surface area is 121 Å². The lowest BCUT2D eigenvalue weighted by Crippen LogP contribution is -2.25. The third-order valence-corrected chi connectivity index (χ3v) is 2.82. The zero-order valence-electron chi connectivity index (χ0n) is 10.3. The monoisotopic (exact) mass is 290 g/mol. The number of halogens is 1. The summed E-state index contributed by atoms with van der Waals surface area (Å²) in [4.78, 5) is 27.4. The number of fused-ring (bicyclic) bond motifs is 1. The van der Waals surface area contributed by atoms with Gasteiger partial charge in [-0.05, 0) is 30.3 Å². The molecule has 2 heterocycles. The molecule has 1 aliphatic rings. The third-order valence-electron chi connectivity index (χ3n) is 2.82. The van der Waals surface area contributed by atoms with Gasteiger partial charge in [0.1, 0.15) is 5.75 Å². The van der Waals surface area contributed by atoms with Crippen molar-refractivity contribution in [1.29, 1.82) is 0 Å². The van der Waals surface area contributed by atoms with Crippen LogP contribution in [0.1, 0.15) is 15.9 Å². The number of pyridine rings is 1. The van der Waals surface area contributed by atoms with Crippen molar-refractivity contribution in [2.75, 3.05) is 11.9 Å². The summed E-state index contributed by atoms with van der Waals surface area (Å²) >= 11 is 0. The van der Waals surface area contributed by atoms with Gasteiger partial charge in [0.15, 0.2) is 12.4 Å². The molecule has 0 saturated heterocycles. The van der Waals surface area contributed by atoms with E-state index in [1.165, 1.54) is 0 Å². The molecule has 0 atom stereocenters. The number of nitrogens with one attached hydrogen (secondary N) is 1. The van der Waals surface area contributed by atoms with E-state index in [9.17, 15) is 9.59 Å². The van der Waals surface area contributed by atoms with Gasteiger partial charge in [0.25, 0.3) is 5.91 Å². The largest absolute Gasteiger partial charge is 0.482 e. The average Bonchev–Trinajstić information content (AvgIpc) is 2.46. The molecule has 0 spiro atoms. The highest BCUT2D eigenvalue weighted by Crippen LogP contribution is 2.29. The Morgan fingerprint density at radius 2 is 1.90 bits per heavy atom. The van der Waals surface area contributed by atoms with Crippen LogP contribution in [0, 0.1) is 0 Å². The summed E-state index contributed by atoms with van der Waals surface area (Å²) < 4.78 is 5.24. The topological polar surface area (TPSA) is 68.3 Å². The van der Waals surface area contributed by atoms with E-state index in [-0.39, 0.29) is 30.7 Å². The van der Waals surface area contributed by atoms with Crippen LogP contribution in [0.15, 0.2) is 42.7 Å². The van der Waals surface area contributed by atoms with Gasteiger partial charge in [0.2, 0.25) is 0 Å². The molecule has 20 heavy (non-hydrogen) atoms. The van der Waals surface area contributed by atoms with Crippen LogP contribution in [0.3, 0.4) is 0 Å². The minimum Gasteiger partial charge on any atom is -0.482 e. The molecule has 6 heteroatoms. The number of anilines is 1. The molecule has 2 aromatic rings. The maximum Gasteiger partial charge on any atom is 0.262 e. The molecule has 1 N–H and O–H groups in total. The standard InChI is InChI=1S/C14H10N2O3.ClH/c17-13-8-19-12-2-1-10(7-11(12)16-13)14(18)9-3-5-15-6-4-9;/h1-7H,8H2,(H,16,17);1H. The van der Waals surface area contributed by atoms with E-state index in [0.29, 0.717) is 22.6 Å². The van der Waals surface area contributed by atoms with Crippen LogP contribution in [0.5, 0.6) is 5.75 Å². The Balaban J connectivity index is 0.00000147. The van der Waals surface area contributed by atoms with Crippen LogP contribution < -0.4 is 10.1 Å². The molecule has 1 amide bonds. The molecule has 1 aromatic heterocycles. The second-order valence-electron chi connectivity index (χ2n) is 4.11. The molecule has 1 aliphatic heterocycles. The minimum atomic E-state index is -0.221. The van der Waals surface area contributed by atoms with E-state index in [1.807, 2.05) is 0 Å². The van der Waals surface area contributed by atoms with Crippen LogP contribution in [-0.4, -0.2) is 23.3 Å². The van der Waals surface area contributed by atoms with Crippen LogP contribution in [-0.2, 0) is 4.79 Å². The quantitative estimate of drug-likeness (QED) is 0.860. The van der Waals surface area contributed by atoms with Gasteiger partial charge in [-0.2, -0.15) is 0 Å². The predicted octanol–water partition coefficient (Wildman–Crippen LogP) is 2.07. The van der Waals surface area contributed by atoms with E-state index in [4.69, 9.17) is 4.74 Å². The van der Waals surface area contributed by atoms with Gasteiger partial charge in [-0.3, -0.25) is 14.6 Å². The van der Waals surface area contributed by atoms with Gasteiger partial charge >= 0.3 is 0 Å². The van der Waals surface area contributed by atoms with E-state index in [2.05, 4.69) is 10.3 Å². The maximum absolute atomic E-state index is 12.2. The van der Waals surface area contributed by atoms with Crippen molar-refractivity contribution in [2.45, 2.75) is 0 Å². The van der Waals surface area contributed by atoms with Crippen molar-refractivity contribution in [1.82, 2.24) is 4.98 Å². The average molecular weight is 291 g/mol. The Hall–Kier alpha value is -2.40. The van der Waals surface area contributed by atoms with Gasteiger partial charge in [0.05, 0.1) is 5.69 Å². The number of ether oxygens (including phenoxy) is 1. The fraction of sp³-hybridized carbons (Fsp3) is 0.0714. The van der Waals surface area contributed by atoms with Crippen molar-refractivity contribution in [3.8, 4) is 5.75 Å². The molecule has 0 aliphatic carbocycles. The summed E-state index contributed by atoms with van der Waals surface area (Å²) in [6.07, 6.45) is 3.13. The molecule has 0 fully saturated rings. The van der Waals surface area contributed by atoms with Crippen molar-refractivity contribution >= 4 is 29.8 Å². The zero-order chi connectivity index (χ0) is 13.2. The zero-order valence-corrected chi connectivity index (χ0v) is 11.1. The molecule has 0 unspecified atom stereocenters. The Morgan fingerprint density at radius 3 is 2.65 bits per heavy atom. The fourth-order valence-corrected chi connectivity index (χ4v) is 1.89. The van der Waals surface area contributed by atoms with Gasteiger partial charge in [0, 0.05) is 23.5 Å². The molecule has 5 nitrogen and oxygen atoms in total. The number of ketones is 1. The van der Waals surface area contributed by atoms with Gasteiger partial charge < -0.3 is 10.1 Å². The smallest absolute Gasteiger partial charge is 0.262 e. The number of rotatable bonds is 2. The third kappa shape index (κ3) is 2.62. The summed E-state index contributed by atoms with van der Waals surface area (Å²) in [7, 11) is 0. The number of hydrogen-bond donors (Lipinski definition) is 1. The van der Waals surface area contributed by atoms with Crippen molar-refractivity contribution < 1.29 is 14.3 Å². The Kier molecular flexibility index (Phi) is 4.00. The van der Waals surface area contributed by atoms with E-state index in [0.717, 1.165) is 0 Å². The lowest BCUT2D eigenvalue weighted by atomic mass is 10.0. The van der Waals surface area contributed by atoms with E-state index >= 15 is 0 Å². The normalized spacial score (nSPS) is 12.5. The molecule has 3 rings (SSSR count). The van der Waals surface area contributed by atoms with Gasteiger partial charge in [-0.25, -0.2) is 0 Å². The first-order chi connectivity index (χ1) is 9.24.